The van der Waals surface area contributed by atoms with Crippen molar-refractivity contribution in [1.29, 1.82) is 0 Å². The third-order valence-electron chi connectivity index (χ3n) is 5.48. The van der Waals surface area contributed by atoms with Gasteiger partial charge in [0.25, 0.3) is 5.91 Å². The minimum Gasteiger partial charge on any atom is -0.493 e. The molecule has 0 saturated carbocycles. The molecular weight excluding hydrogens is 482 g/mol. The number of para-hydroxylation sites is 1. The molecule has 4 rings (SSSR count). The predicted octanol–water partition coefficient (Wildman–Crippen LogP) is 4.75. The average molecular weight is 510 g/mol. The first-order chi connectivity index (χ1) is 18.6. The lowest BCUT2D eigenvalue weighted by Crippen LogP contribution is -2.19. The largest absolute Gasteiger partial charge is 0.493 e. The van der Waals surface area contributed by atoms with Crippen molar-refractivity contribution in [2.24, 2.45) is 0 Å². The van der Waals surface area contributed by atoms with E-state index in [-0.39, 0.29) is 5.91 Å². The van der Waals surface area contributed by atoms with Crippen LogP contribution in [0.3, 0.4) is 0 Å². The van der Waals surface area contributed by atoms with Gasteiger partial charge in [-0.25, -0.2) is 4.98 Å². The van der Waals surface area contributed by atoms with Crippen LogP contribution < -0.4 is 30.2 Å². The van der Waals surface area contributed by atoms with Crippen LogP contribution in [0.25, 0.3) is 0 Å². The summed E-state index contributed by atoms with van der Waals surface area (Å²) in [4.78, 5) is 21.6. The van der Waals surface area contributed by atoms with Crippen LogP contribution in [0.5, 0.6) is 17.2 Å². The van der Waals surface area contributed by atoms with Crippen molar-refractivity contribution in [3.05, 3.63) is 89.6 Å². The van der Waals surface area contributed by atoms with E-state index >= 15 is 0 Å². The van der Waals surface area contributed by atoms with E-state index in [2.05, 4.69) is 37.8 Å². The number of ether oxygens (including phenoxy) is 3. The van der Waals surface area contributed by atoms with Crippen molar-refractivity contribution in [2.75, 3.05) is 39.0 Å². The fourth-order valence-electron chi connectivity index (χ4n) is 3.62. The van der Waals surface area contributed by atoms with Crippen LogP contribution in [-0.2, 0) is 0 Å². The van der Waals surface area contributed by atoms with Crippen molar-refractivity contribution in [3.63, 3.8) is 0 Å². The molecule has 1 amide bonds. The van der Waals surface area contributed by atoms with E-state index in [0.29, 0.717) is 51.5 Å². The Labute approximate surface area is 221 Å². The zero-order chi connectivity index (χ0) is 26.9. The molecule has 3 aromatic carbocycles. The topological polar surface area (TPSA) is 107 Å². The molecule has 0 aliphatic carbocycles. The summed E-state index contributed by atoms with van der Waals surface area (Å²) in [6.45, 7) is 0. The second-order valence-electron chi connectivity index (χ2n) is 7.86. The molecule has 0 aliphatic rings. The first-order valence-electron chi connectivity index (χ1n) is 11.7. The van der Waals surface area contributed by atoms with Gasteiger partial charge in [0.2, 0.25) is 11.7 Å². The van der Waals surface area contributed by atoms with Gasteiger partial charge in [0.05, 0.1) is 44.3 Å². The summed E-state index contributed by atoms with van der Waals surface area (Å²) in [6.07, 6.45) is 1.62. The monoisotopic (exact) mass is 509 g/mol. The summed E-state index contributed by atoms with van der Waals surface area (Å²) in [5.74, 6) is 8.20. The van der Waals surface area contributed by atoms with Gasteiger partial charge < -0.3 is 30.2 Å². The Hall–Kier alpha value is -5.23. The molecule has 0 spiro atoms. The van der Waals surface area contributed by atoms with E-state index in [4.69, 9.17) is 14.2 Å². The number of methoxy groups -OCH3 is 3. The Morgan fingerprint density at radius 1 is 0.842 bits per heavy atom. The summed E-state index contributed by atoms with van der Waals surface area (Å²) < 4.78 is 16.3. The molecule has 0 bridgehead atoms. The van der Waals surface area contributed by atoms with Gasteiger partial charge in [-0.1, -0.05) is 42.2 Å². The third-order valence-corrected chi connectivity index (χ3v) is 5.48. The zero-order valence-electron chi connectivity index (χ0n) is 21.5. The molecule has 0 saturated heterocycles. The lowest BCUT2D eigenvalue weighted by Gasteiger charge is -2.15. The highest BCUT2D eigenvalue weighted by atomic mass is 16.5. The van der Waals surface area contributed by atoms with Gasteiger partial charge in [-0.3, -0.25) is 4.79 Å². The second kappa shape index (κ2) is 12.1. The molecule has 192 valence electrons. The predicted molar refractivity (Wildman–Crippen MR) is 147 cm³/mol. The summed E-state index contributed by atoms with van der Waals surface area (Å²) in [6, 6.07) is 20.3. The standard InChI is InChI=1S/C29H27N5O4/c1-30-28(35)22-12-8-9-13-23(22)33-27-20(15-14-19-10-6-5-7-11-19)18-31-29(34-27)32-21-16-24(36-2)26(38-4)25(17-21)37-3/h5-13,16-18H,1-4H3,(H,30,35)(H2,31,32,33,34). The number of aromatic nitrogens is 2. The van der Waals surface area contributed by atoms with E-state index in [1.54, 1.807) is 64.9 Å². The maximum atomic E-state index is 12.4. The summed E-state index contributed by atoms with van der Waals surface area (Å²) in [5, 5.41) is 9.09. The van der Waals surface area contributed by atoms with E-state index in [9.17, 15) is 4.79 Å². The fraction of sp³-hybridized carbons (Fsp3) is 0.138. The van der Waals surface area contributed by atoms with E-state index in [1.165, 1.54) is 0 Å². The van der Waals surface area contributed by atoms with Crippen molar-refractivity contribution in [2.45, 2.75) is 0 Å². The van der Waals surface area contributed by atoms with Crippen LogP contribution in [0.1, 0.15) is 21.5 Å². The van der Waals surface area contributed by atoms with Crippen LogP contribution in [0.2, 0.25) is 0 Å². The Morgan fingerprint density at radius 3 is 2.18 bits per heavy atom. The van der Waals surface area contributed by atoms with Gasteiger partial charge in [-0.15, -0.1) is 0 Å². The number of nitrogens with one attached hydrogen (secondary N) is 3. The van der Waals surface area contributed by atoms with Gasteiger partial charge in [-0.05, 0) is 24.3 Å². The summed E-state index contributed by atoms with van der Waals surface area (Å²) in [7, 11) is 6.22. The fourth-order valence-corrected chi connectivity index (χ4v) is 3.62. The molecule has 0 atom stereocenters. The molecule has 1 aromatic heterocycles. The highest BCUT2D eigenvalue weighted by Gasteiger charge is 2.16. The Balaban J connectivity index is 1.75. The molecule has 0 aliphatic heterocycles. The first-order valence-corrected chi connectivity index (χ1v) is 11.7. The quantitative estimate of drug-likeness (QED) is 0.292. The molecule has 0 unspecified atom stereocenters. The lowest BCUT2D eigenvalue weighted by atomic mass is 10.1. The molecule has 0 radical (unpaired) electrons. The van der Waals surface area contributed by atoms with Crippen molar-refractivity contribution in [1.82, 2.24) is 15.3 Å². The maximum absolute atomic E-state index is 12.4. The molecule has 3 N–H and O–H groups in total. The Kier molecular flexibility index (Phi) is 8.26. The van der Waals surface area contributed by atoms with Gasteiger partial charge in [0.1, 0.15) is 0 Å². The minimum atomic E-state index is -0.227. The lowest BCUT2D eigenvalue weighted by molar-refractivity contribution is 0.0964. The Morgan fingerprint density at radius 2 is 1.53 bits per heavy atom. The highest BCUT2D eigenvalue weighted by molar-refractivity contribution is 6.00. The molecule has 4 aromatic rings. The van der Waals surface area contributed by atoms with Crippen LogP contribution in [0.15, 0.2) is 72.9 Å². The van der Waals surface area contributed by atoms with Gasteiger partial charge >= 0.3 is 0 Å². The van der Waals surface area contributed by atoms with Crippen LogP contribution in [0, 0.1) is 11.8 Å². The van der Waals surface area contributed by atoms with Gasteiger partial charge in [0.15, 0.2) is 17.3 Å². The summed E-state index contributed by atoms with van der Waals surface area (Å²) >= 11 is 0. The number of hydrogen-bond acceptors (Lipinski definition) is 8. The zero-order valence-corrected chi connectivity index (χ0v) is 21.5. The number of hydrogen-bond donors (Lipinski definition) is 3. The van der Waals surface area contributed by atoms with Crippen molar-refractivity contribution in [3.8, 4) is 29.1 Å². The maximum Gasteiger partial charge on any atom is 0.253 e. The van der Waals surface area contributed by atoms with Crippen molar-refractivity contribution < 1.29 is 19.0 Å². The number of nitrogens with zero attached hydrogens (tertiary/aromatic N) is 2. The first kappa shape index (κ1) is 25.9. The second-order valence-corrected chi connectivity index (χ2v) is 7.86. The van der Waals surface area contributed by atoms with Gasteiger partial charge in [-0.2, -0.15) is 4.98 Å². The smallest absolute Gasteiger partial charge is 0.253 e. The van der Waals surface area contributed by atoms with Crippen molar-refractivity contribution >= 4 is 29.0 Å². The highest BCUT2D eigenvalue weighted by Crippen LogP contribution is 2.40. The van der Waals surface area contributed by atoms with Crippen LogP contribution in [-0.4, -0.2) is 44.3 Å². The molecular formula is C29H27N5O4. The summed E-state index contributed by atoms with van der Waals surface area (Å²) in [5.41, 5.74) is 3.07. The van der Waals surface area contributed by atoms with Gasteiger partial charge in [0, 0.05) is 30.4 Å². The molecule has 0 fully saturated rings. The van der Waals surface area contributed by atoms with E-state index in [1.807, 2.05) is 36.4 Å². The number of rotatable bonds is 8. The third kappa shape index (κ3) is 5.94. The number of carbonyl (C=O) groups is 1. The minimum absolute atomic E-state index is 0.227. The van der Waals surface area contributed by atoms with E-state index in [0.717, 1.165) is 5.56 Å². The number of benzene rings is 3. The van der Waals surface area contributed by atoms with E-state index < -0.39 is 0 Å². The van der Waals surface area contributed by atoms with Crippen LogP contribution in [0.4, 0.5) is 23.1 Å². The number of amides is 1. The Bertz CT molecular complexity index is 1470. The molecule has 9 nitrogen and oxygen atoms in total. The average Bonchev–Trinajstić information content (AvgIpc) is 2.96. The number of carbonyl (C=O) groups excluding carboxylic acids is 1. The molecule has 1 heterocycles. The van der Waals surface area contributed by atoms with Crippen LogP contribution >= 0.6 is 0 Å². The molecule has 38 heavy (non-hydrogen) atoms. The number of anilines is 4. The molecule has 9 heteroatoms. The normalized spacial score (nSPS) is 10.0. The SMILES string of the molecule is CNC(=O)c1ccccc1Nc1nc(Nc2cc(OC)c(OC)c(OC)c2)ncc1C#Cc1ccccc1.